The lowest BCUT2D eigenvalue weighted by Gasteiger charge is -2.26. The van der Waals surface area contributed by atoms with Crippen LogP contribution >= 0.6 is 0 Å². The predicted molar refractivity (Wildman–Crippen MR) is 70.0 cm³/mol. The van der Waals surface area contributed by atoms with Crippen molar-refractivity contribution in [1.82, 2.24) is 4.98 Å². The van der Waals surface area contributed by atoms with E-state index in [1.807, 2.05) is 20.8 Å². The fourth-order valence-electron chi connectivity index (χ4n) is 1.65. The maximum absolute atomic E-state index is 11.0. The van der Waals surface area contributed by atoms with Gasteiger partial charge in [-0.1, -0.05) is 6.92 Å². The van der Waals surface area contributed by atoms with Crippen LogP contribution in [-0.4, -0.2) is 33.3 Å². The summed E-state index contributed by atoms with van der Waals surface area (Å²) < 4.78 is 0. The Bertz CT molecular complexity index is 430. The van der Waals surface area contributed by atoms with Gasteiger partial charge in [-0.3, -0.25) is 0 Å². The molecule has 1 aromatic heterocycles. The van der Waals surface area contributed by atoms with Crippen LogP contribution < -0.4 is 5.32 Å². The quantitative estimate of drug-likeness (QED) is 0.720. The van der Waals surface area contributed by atoms with Crippen molar-refractivity contribution in [3.63, 3.8) is 0 Å². The lowest BCUT2D eigenvalue weighted by atomic mass is 10.0. The van der Waals surface area contributed by atoms with Gasteiger partial charge >= 0.3 is 5.97 Å². The molecule has 1 heterocycles. The van der Waals surface area contributed by atoms with Crippen molar-refractivity contribution in [3.05, 3.63) is 23.4 Å². The number of anilines is 1. The Balaban J connectivity index is 3.01. The van der Waals surface area contributed by atoms with Gasteiger partial charge in [0.1, 0.15) is 5.82 Å². The number of pyridine rings is 1. The molecule has 1 aromatic rings. The maximum Gasteiger partial charge on any atom is 0.335 e. The maximum atomic E-state index is 11.0. The van der Waals surface area contributed by atoms with Crippen LogP contribution in [0.1, 0.15) is 43.2 Å². The lowest BCUT2D eigenvalue weighted by molar-refractivity contribution is 0.0696. The van der Waals surface area contributed by atoms with E-state index in [9.17, 15) is 4.79 Å². The van der Waals surface area contributed by atoms with Gasteiger partial charge < -0.3 is 15.5 Å². The van der Waals surface area contributed by atoms with E-state index < -0.39 is 5.97 Å². The Morgan fingerprint density at radius 3 is 2.61 bits per heavy atom. The van der Waals surface area contributed by atoms with Crippen LogP contribution in [0.4, 0.5) is 5.82 Å². The average Bonchev–Trinajstić information content (AvgIpc) is 2.27. The van der Waals surface area contributed by atoms with Gasteiger partial charge in [-0.05, 0) is 38.8 Å². The standard InChI is InChI=1S/C13H20N2O3/c1-4-10-7-9(12(17)18)8-11(14-10)15-13(2,3)5-6-16/h7-8,16H,4-6H2,1-3H3,(H,14,15)(H,17,18). The molecule has 5 heteroatoms. The average molecular weight is 252 g/mol. The molecule has 0 aliphatic heterocycles. The van der Waals surface area contributed by atoms with Crippen LogP contribution in [0.5, 0.6) is 0 Å². The SMILES string of the molecule is CCc1cc(C(=O)O)cc(NC(C)(C)CCO)n1. The summed E-state index contributed by atoms with van der Waals surface area (Å²) in [4.78, 5) is 15.4. The van der Waals surface area contributed by atoms with Gasteiger partial charge in [0.05, 0.1) is 5.56 Å². The van der Waals surface area contributed by atoms with Crippen LogP contribution in [0.3, 0.4) is 0 Å². The molecule has 3 N–H and O–H groups in total. The number of nitrogens with one attached hydrogen (secondary N) is 1. The summed E-state index contributed by atoms with van der Waals surface area (Å²) >= 11 is 0. The molecule has 0 amide bonds. The van der Waals surface area contributed by atoms with Crippen LogP contribution in [0.2, 0.25) is 0 Å². The summed E-state index contributed by atoms with van der Waals surface area (Å²) in [6.45, 7) is 5.86. The van der Waals surface area contributed by atoms with Gasteiger partial charge in [0.25, 0.3) is 0 Å². The van der Waals surface area contributed by atoms with Crippen LogP contribution in [0, 0.1) is 0 Å². The molecule has 0 atom stereocenters. The Morgan fingerprint density at radius 1 is 1.44 bits per heavy atom. The molecule has 0 aliphatic rings. The van der Waals surface area contributed by atoms with E-state index in [1.165, 1.54) is 6.07 Å². The second-order valence-corrected chi connectivity index (χ2v) is 4.87. The first-order valence-corrected chi connectivity index (χ1v) is 6.01. The van der Waals surface area contributed by atoms with Gasteiger partial charge in [0, 0.05) is 17.8 Å². The molecule has 5 nitrogen and oxygen atoms in total. The number of aliphatic hydroxyl groups is 1. The second-order valence-electron chi connectivity index (χ2n) is 4.87. The normalized spacial score (nSPS) is 11.3. The van der Waals surface area contributed by atoms with Gasteiger partial charge in [0.2, 0.25) is 0 Å². The summed E-state index contributed by atoms with van der Waals surface area (Å²) in [7, 11) is 0. The summed E-state index contributed by atoms with van der Waals surface area (Å²) in [5.74, 6) is -0.430. The molecule has 100 valence electrons. The molecule has 0 bridgehead atoms. The Kier molecular flexibility index (Phi) is 4.67. The van der Waals surface area contributed by atoms with E-state index in [4.69, 9.17) is 10.2 Å². The molecule has 0 radical (unpaired) electrons. The minimum atomic E-state index is -0.963. The zero-order chi connectivity index (χ0) is 13.8. The molecule has 1 rings (SSSR count). The van der Waals surface area contributed by atoms with Crippen LogP contribution in [0.25, 0.3) is 0 Å². The number of carboxylic acid groups (broad SMARTS) is 1. The molecular weight excluding hydrogens is 232 g/mol. The fraction of sp³-hybridized carbons (Fsp3) is 0.538. The summed E-state index contributed by atoms with van der Waals surface area (Å²) in [6, 6.07) is 3.09. The Hall–Kier alpha value is -1.62. The number of carbonyl (C=O) groups is 1. The predicted octanol–water partition coefficient (Wildman–Crippen LogP) is 1.92. The molecule has 0 saturated carbocycles. The number of nitrogens with zero attached hydrogens (tertiary/aromatic N) is 1. The third-order valence-electron chi connectivity index (χ3n) is 2.69. The largest absolute Gasteiger partial charge is 0.478 e. The van der Waals surface area contributed by atoms with E-state index in [0.717, 1.165) is 5.69 Å². The highest BCUT2D eigenvalue weighted by Gasteiger charge is 2.18. The first-order valence-electron chi connectivity index (χ1n) is 6.01. The summed E-state index contributed by atoms with van der Waals surface area (Å²) in [5, 5.41) is 21.2. The van der Waals surface area contributed by atoms with E-state index >= 15 is 0 Å². The van der Waals surface area contributed by atoms with Gasteiger partial charge in [-0.15, -0.1) is 0 Å². The molecule has 0 saturated heterocycles. The van der Waals surface area contributed by atoms with Gasteiger partial charge in [-0.25, -0.2) is 9.78 Å². The molecule has 0 fully saturated rings. The molecule has 18 heavy (non-hydrogen) atoms. The highest BCUT2D eigenvalue weighted by atomic mass is 16.4. The molecule has 0 unspecified atom stereocenters. The number of hydrogen-bond donors (Lipinski definition) is 3. The van der Waals surface area contributed by atoms with Crippen molar-refractivity contribution in [2.24, 2.45) is 0 Å². The molecule has 0 aliphatic carbocycles. The van der Waals surface area contributed by atoms with E-state index in [0.29, 0.717) is 18.7 Å². The third kappa shape index (κ3) is 4.00. The lowest BCUT2D eigenvalue weighted by Crippen LogP contribution is -2.32. The second kappa shape index (κ2) is 5.82. The summed E-state index contributed by atoms with van der Waals surface area (Å²) in [5.41, 5.74) is 0.630. The molecule has 0 aromatic carbocycles. The van der Waals surface area contributed by atoms with Crippen molar-refractivity contribution in [1.29, 1.82) is 0 Å². The number of aliphatic hydroxyl groups excluding tert-OH is 1. The van der Waals surface area contributed by atoms with E-state index in [1.54, 1.807) is 6.07 Å². The number of carboxylic acids is 1. The smallest absolute Gasteiger partial charge is 0.335 e. The number of aryl methyl sites for hydroxylation is 1. The van der Waals surface area contributed by atoms with Crippen molar-refractivity contribution in [2.45, 2.75) is 39.2 Å². The fourth-order valence-corrected chi connectivity index (χ4v) is 1.65. The monoisotopic (exact) mass is 252 g/mol. The van der Waals surface area contributed by atoms with Gasteiger partial charge in [-0.2, -0.15) is 0 Å². The Morgan fingerprint density at radius 2 is 2.11 bits per heavy atom. The summed E-state index contributed by atoms with van der Waals surface area (Å²) in [6.07, 6.45) is 1.24. The first-order chi connectivity index (χ1) is 8.38. The zero-order valence-corrected chi connectivity index (χ0v) is 11.0. The van der Waals surface area contributed by atoms with Crippen LogP contribution in [0.15, 0.2) is 12.1 Å². The molecular formula is C13H20N2O3. The van der Waals surface area contributed by atoms with Crippen molar-refractivity contribution < 1.29 is 15.0 Å². The number of hydrogen-bond acceptors (Lipinski definition) is 4. The third-order valence-corrected chi connectivity index (χ3v) is 2.69. The van der Waals surface area contributed by atoms with E-state index in [-0.39, 0.29) is 17.7 Å². The minimum Gasteiger partial charge on any atom is -0.478 e. The number of aromatic nitrogens is 1. The van der Waals surface area contributed by atoms with Crippen molar-refractivity contribution in [3.8, 4) is 0 Å². The Labute approximate surface area is 107 Å². The highest BCUT2D eigenvalue weighted by Crippen LogP contribution is 2.18. The minimum absolute atomic E-state index is 0.0687. The van der Waals surface area contributed by atoms with E-state index in [2.05, 4.69) is 10.3 Å². The zero-order valence-electron chi connectivity index (χ0n) is 11.0. The first kappa shape index (κ1) is 14.4. The van der Waals surface area contributed by atoms with Crippen LogP contribution in [-0.2, 0) is 6.42 Å². The number of rotatable bonds is 6. The van der Waals surface area contributed by atoms with Crippen molar-refractivity contribution >= 4 is 11.8 Å². The molecule has 0 spiro atoms. The topological polar surface area (TPSA) is 82.5 Å². The van der Waals surface area contributed by atoms with Crippen molar-refractivity contribution in [2.75, 3.05) is 11.9 Å². The number of aromatic carboxylic acids is 1. The van der Waals surface area contributed by atoms with Gasteiger partial charge in [0.15, 0.2) is 0 Å². The highest BCUT2D eigenvalue weighted by molar-refractivity contribution is 5.88.